The fraction of sp³-hybridized carbons (Fsp3) is 0.118. The van der Waals surface area contributed by atoms with Crippen LogP contribution in [0.1, 0.15) is 5.56 Å². The lowest BCUT2D eigenvalue weighted by Crippen LogP contribution is -2.26. The molecule has 1 N–H and O–H groups in total. The standard InChI is InChI=1S/C17H16N4O3S2/c1-13-7-9-15(10-8-13)26(23,24)20-17-21(18-12-25-17)11-16(22)19-14-5-3-2-4-6-14/h2-10,12H,11H2,1H3,(H,19,22)/b20-17-. The first kappa shape index (κ1) is 18.0. The maximum absolute atomic E-state index is 12.4. The summed E-state index contributed by atoms with van der Waals surface area (Å²) < 4.78 is 30.0. The molecule has 1 amide bonds. The van der Waals surface area contributed by atoms with Gasteiger partial charge in [-0.1, -0.05) is 47.2 Å². The van der Waals surface area contributed by atoms with Gasteiger partial charge in [-0.05, 0) is 31.2 Å². The number of carbonyl (C=O) groups is 1. The van der Waals surface area contributed by atoms with Gasteiger partial charge in [-0.25, -0.2) is 4.68 Å². The molecule has 0 bridgehead atoms. The van der Waals surface area contributed by atoms with Crippen LogP contribution in [0, 0.1) is 6.92 Å². The minimum Gasteiger partial charge on any atom is -0.324 e. The molecule has 0 aliphatic heterocycles. The van der Waals surface area contributed by atoms with Crippen molar-refractivity contribution >= 4 is 33.0 Å². The Morgan fingerprint density at radius 2 is 1.85 bits per heavy atom. The summed E-state index contributed by atoms with van der Waals surface area (Å²) in [6, 6.07) is 15.4. The molecular formula is C17H16N4O3S2. The molecule has 0 spiro atoms. The van der Waals surface area contributed by atoms with Crippen LogP contribution < -0.4 is 10.1 Å². The molecule has 134 valence electrons. The molecule has 0 fully saturated rings. The molecule has 3 aromatic rings. The number of aryl methyl sites for hydroxylation is 1. The maximum atomic E-state index is 12.4. The van der Waals surface area contributed by atoms with Crippen molar-refractivity contribution in [1.29, 1.82) is 0 Å². The number of nitrogens with one attached hydrogen (secondary N) is 1. The molecular weight excluding hydrogens is 372 g/mol. The van der Waals surface area contributed by atoms with Crippen LogP contribution in [0.25, 0.3) is 0 Å². The molecule has 0 aliphatic carbocycles. The fourth-order valence-corrected chi connectivity index (χ4v) is 3.98. The Balaban J connectivity index is 1.82. The quantitative estimate of drug-likeness (QED) is 0.725. The van der Waals surface area contributed by atoms with Crippen LogP contribution in [0.5, 0.6) is 0 Å². The molecule has 0 atom stereocenters. The molecule has 0 saturated carbocycles. The summed E-state index contributed by atoms with van der Waals surface area (Å²) in [5, 5.41) is 6.73. The van der Waals surface area contributed by atoms with Gasteiger partial charge in [-0.2, -0.15) is 13.5 Å². The van der Waals surface area contributed by atoms with Crippen LogP contribution in [0.4, 0.5) is 5.69 Å². The number of sulfonamides is 1. The summed E-state index contributed by atoms with van der Waals surface area (Å²) >= 11 is 1.05. The van der Waals surface area contributed by atoms with Crippen molar-refractivity contribution in [2.45, 2.75) is 18.4 Å². The Morgan fingerprint density at radius 1 is 1.15 bits per heavy atom. The largest absolute Gasteiger partial charge is 0.324 e. The van der Waals surface area contributed by atoms with E-state index in [0.29, 0.717) is 5.69 Å². The second-order valence-electron chi connectivity index (χ2n) is 5.47. The Hall–Kier alpha value is -2.78. The third-order valence-electron chi connectivity index (χ3n) is 3.43. The smallest absolute Gasteiger partial charge is 0.285 e. The first-order valence-electron chi connectivity index (χ1n) is 7.67. The van der Waals surface area contributed by atoms with E-state index in [1.165, 1.54) is 22.3 Å². The number of hydrogen-bond donors (Lipinski definition) is 1. The Bertz CT molecular complexity index is 1070. The third kappa shape index (κ3) is 4.44. The highest BCUT2D eigenvalue weighted by molar-refractivity contribution is 7.90. The molecule has 1 aromatic heterocycles. The molecule has 7 nitrogen and oxygen atoms in total. The summed E-state index contributed by atoms with van der Waals surface area (Å²) in [6.07, 6.45) is 0. The normalized spacial score (nSPS) is 12.1. The minimum absolute atomic E-state index is 0.0942. The van der Waals surface area contributed by atoms with Gasteiger partial charge >= 0.3 is 0 Å². The van der Waals surface area contributed by atoms with Crippen molar-refractivity contribution in [3.8, 4) is 0 Å². The first-order chi connectivity index (χ1) is 12.4. The van der Waals surface area contributed by atoms with E-state index in [1.807, 2.05) is 13.0 Å². The third-order valence-corrected chi connectivity index (χ3v) is 5.54. The van der Waals surface area contributed by atoms with Gasteiger partial charge < -0.3 is 5.32 Å². The molecule has 9 heteroatoms. The number of hydrogen-bond acceptors (Lipinski definition) is 5. The summed E-state index contributed by atoms with van der Waals surface area (Å²) in [7, 11) is -3.87. The van der Waals surface area contributed by atoms with E-state index in [0.717, 1.165) is 16.9 Å². The highest BCUT2D eigenvalue weighted by Crippen LogP contribution is 2.12. The van der Waals surface area contributed by atoms with Gasteiger partial charge in [0.15, 0.2) is 0 Å². The number of benzene rings is 2. The van der Waals surface area contributed by atoms with Gasteiger partial charge in [0.2, 0.25) is 10.7 Å². The molecule has 26 heavy (non-hydrogen) atoms. The highest BCUT2D eigenvalue weighted by Gasteiger charge is 2.14. The summed E-state index contributed by atoms with van der Waals surface area (Å²) in [5.74, 6) is -0.323. The average molecular weight is 388 g/mol. The van der Waals surface area contributed by atoms with E-state index in [1.54, 1.807) is 36.4 Å². The van der Waals surface area contributed by atoms with E-state index < -0.39 is 10.0 Å². The average Bonchev–Trinajstić information content (AvgIpc) is 3.02. The summed E-state index contributed by atoms with van der Waals surface area (Å²) in [6.45, 7) is 1.73. The summed E-state index contributed by atoms with van der Waals surface area (Å²) in [5.41, 5.74) is 3.05. The second kappa shape index (κ2) is 7.63. The molecule has 0 unspecified atom stereocenters. The monoisotopic (exact) mass is 388 g/mol. The lowest BCUT2D eigenvalue weighted by Gasteiger charge is -2.05. The number of rotatable bonds is 5. The molecule has 2 aromatic carbocycles. The van der Waals surface area contributed by atoms with Crippen LogP contribution in [-0.2, 0) is 21.4 Å². The van der Waals surface area contributed by atoms with Gasteiger partial charge in [0.05, 0.1) is 4.90 Å². The van der Waals surface area contributed by atoms with Gasteiger partial charge in [-0.15, -0.1) is 4.40 Å². The van der Waals surface area contributed by atoms with Gasteiger partial charge in [0, 0.05) is 5.69 Å². The van der Waals surface area contributed by atoms with E-state index in [4.69, 9.17) is 0 Å². The molecule has 0 aliphatic rings. The van der Waals surface area contributed by atoms with Crippen molar-refractivity contribution in [3.05, 3.63) is 70.5 Å². The zero-order valence-electron chi connectivity index (χ0n) is 13.9. The first-order valence-corrected chi connectivity index (χ1v) is 9.99. The van der Waals surface area contributed by atoms with Crippen molar-refractivity contribution in [3.63, 3.8) is 0 Å². The van der Waals surface area contributed by atoms with Crippen molar-refractivity contribution in [2.24, 2.45) is 4.40 Å². The van der Waals surface area contributed by atoms with Crippen LogP contribution in [0.2, 0.25) is 0 Å². The Kier molecular flexibility index (Phi) is 5.29. The van der Waals surface area contributed by atoms with Crippen LogP contribution in [0.3, 0.4) is 0 Å². The van der Waals surface area contributed by atoms with Gasteiger partial charge in [0.1, 0.15) is 12.1 Å². The van der Waals surface area contributed by atoms with E-state index in [-0.39, 0.29) is 22.1 Å². The van der Waals surface area contributed by atoms with Crippen molar-refractivity contribution < 1.29 is 13.2 Å². The SMILES string of the molecule is Cc1ccc(S(=O)(=O)/N=c2\scnn2CC(=O)Nc2ccccc2)cc1. The molecule has 1 heterocycles. The van der Waals surface area contributed by atoms with Gasteiger partial charge in [0.25, 0.3) is 10.0 Å². The fourth-order valence-electron chi connectivity index (χ4n) is 2.14. The summed E-state index contributed by atoms with van der Waals surface area (Å²) in [4.78, 5) is 12.4. The zero-order chi connectivity index (χ0) is 18.6. The lowest BCUT2D eigenvalue weighted by molar-refractivity contribution is -0.117. The van der Waals surface area contributed by atoms with Crippen LogP contribution in [-0.4, -0.2) is 24.1 Å². The number of aromatic nitrogens is 2. The van der Waals surface area contributed by atoms with E-state index >= 15 is 0 Å². The van der Waals surface area contributed by atoms with Crippen LogP contribution in [0.15, 0.2) is 69.4 Å². The zero-order valence-corrected chi connectivity index (χ0v) is 15.5. The number of amides is 1. The number of para-hydroxylation sites is 1. The Labute approximate surface area is 154 Å². The van der Waals surface area contributed by atoms with Gasteiger partial charge in [-0.3, -0.25) is 4.79 Å². The molecule has 0 radical (unpaired) electrons. The van der Waals surface area contributed by atoms with Crippen LogP contribution >= 0.6 is 11.3 Å². The Morgan fingerprint density at radius 3 is 2.54 bits per heavy atom. The lowest BCUT2D eigenvalue weighted by atomic mass is 10.2. The van der Waals surface area contributed by atoms with Crippen molar-refractivity contribution in [2.75, 3.05) is 5.32 Å². The number of anilines is 1. The maximum Gasteiger partial charge on any atom is 0.285 e. The number of nitrogens with zero attached hydrogens (tertiary/aromatic N) is 3. The predicted octanol–water partition coefficient (Wildman–Crippen LogP) is 2.18. The number of carbonyl (C=O) groups excluding carboxylic acids is 1. The van der Waals surface area contributed by atoms with E-state index in [2.05, 4.69) is 14.8 Å². The second-order valence-corrected chi connectivity index (χ2v) is 7.89. The highest BCUT2D eigenvalue weighted by atomic mass is 32.2. The predicted molar refractivity (Wildman–Crippen MR) is 99.1 cm³/mol. The molecule has 3 rings (SSSR count). The topological polar surface area (TPSA) is 93.4 Å². The van der Waals surface area contributed by atoms with E-state index in [9.17, 15) is 13.2 Å². The molecule has 0 saturated heterocycles. The van der Waals surface area contributed by atoms with Crippen molar-refractivity contribution in [1.82, 2.24) is 9.78 Å². The minimum atomic E-state index is -3.87.